The standard InChI is InChI=1S/C18H18N4O6/c23-13-1-2-14(24)20(13)10-7-19(8-11-21-15(25)3-4-16(21)26)9-12-22-17(27)5-6-18(22)28/h1-6H,7-12H2. The lowest BCUT2D eigenvalue weighted by Crippen LogP contribution is -2.45. The van der Waals surface area contributed by atoms with Crippen LogP contribution in [0.3, 0.4) is 0 Å². The van der Waals surface area contributed by atoms with Gasteiger partial charge in [-0.3, -0.25) is 48.4 Å². The molecule has 10 nitrogen and oxygen atoms in total. The van der Waals surface area contributed by atoms with Gasteiger partial charge in [-0.15, -0.1) is 0 Å². The van der Waals surface area contributed by atoms with Crippen molar-refractivity contribution in [3.05, 3.63) is 36.5 Å². The molecule has 28 heavy (non-hydrogen) atoms. The van der Waals surface area contributed by atoms with Crippen molar-refractivity contribution in [1.29, 1.82) is 0 Å². The Labute approximate surface area is 160 Å². The van der Waals surface area contributed by atoms with E-state index in [-0.39, 0.29) is 39.3 Å². The highest BCUT2D eigenvalue weighted by atomic mass is 16.2. The zero-order chi connectivity index (χ0) is 20.3. The van der Waals surface area contributed by atoms with E-state index in [9.17, 15) is 28.8 Å². The van der Waals surface area contributed by atoms with Crippen molar-refractivity contribution in [2.45, 2.75) is 0 Å². The van der Waals surface area contributed by atoms with Gasteiger partial charge in [0.2, 0.25) is 0 Å². The molecule has 10 heteroatoms. The molecule has 3 aliphatic rings. The van der Waals surface area contributed by atoms with E-state index in [2.05, 4.69) is 0 Å². The van der Waals surface area contributed by atoms with Crippen LogP contribution in [0, 0.1) is 0 Å². The van der Waals surface area contributed by atoms with Crippen molar-refractivity contribution in [2.75, 3.05) is 39.3 Å². The van der Waals surface area contributed by atoms with Crippen molar-refractivity contribution in [3.63, 3.8) is 0 Å². The van der Waals surface area contributed by atoms with Crippen molar-refractivity contribution in [1.82, 2.24) is 19.6 Å². The van der Waals surface area contributed by atoms with Crippen LogP contribution in [0.15, 0.2) is 36.5 Å². The number of rotatable bonds is 9. The summed E-state index contributed by atoms with van der Waals surface area (Å²) in [7, 11) is 0. The molecule has 3 heterocycles. The van der Waals surface area contributed by atoms with Crippen LogP contribution in [0.5, 0.6) is 0 Å². The Morgan fingerprint density at radius 1 is 0.464 bits per heavy atom. The first kappa shape index (κ1) is 19.4. The molecule has 0 aromatic rings. The summed E-state index contributed by atoms with van der Waals surface area (Å²) < 4.78 is 0. The van der Waals surface area contributed by atoms with Crippen molar-refractivity contribution in [2.24, 2.45) is 0 Å². The van der Waals surface area contributed by atoms with E-state index in [1.165, 1.54) is 36.5 Å². The molecule has 3 aliphatic heterocycles. The van der Waals surface area contributed by atoms with Gasteiger partial charge in [0, 0.05) is 75.7 Å². The number of imide groups is 3. The molecule has 0 saturated carbocycles. The van der Waals surface area contributed by atoms with E-state index < -0.39 is 35.4 Å². The van der Waals surface area contributed by atoms with Gasteiger partial charge in [-0.25, -0.2) is 0 Å². The first-order chi connectivity index (χ1) is 13.4. The lowest BCUT2D eigenvalue weighted by atomic mass is 10.3. The van der Waals surface area contributed by atoms with Gasteiger partial charge in [0.1, 0.15) is 0 Å². The smallest absolute Gasteiger partial charge is 0.253 e. The number of hydrogen-bond acceptors (Lipinski definition) is 7. The average molecular weight is 386 g/mol. The van der Waals surface area contributed by atoms with E-state index in [4.69, 9.17) is 0 Å². The molecule has 0 atom stereocenters. The minimum atomic E-state index is -0.409. The van der Waals surface area contributed by atoms with E-state index >= 15 is 0 Å². The van der Waals surface area contributed by atoms with Gasteiger partial charge in [-0.05, 0) is 0 Å². The summed E-state index contributed by atoms with van der Waals surface area (Å²) in [5.74, 6) is -2.45. The molecule has 0 spiro atoms. The first-order valence-corrected chi connectivity index (χ1v) is 8.70. The predicted octanol–water partition coefficient (Wildman–Crippen LogP) is -1.94. The number of nitrogens with zero attached hydrogens (tertiary/aromatic N) is 4. The second-order valence-corrected chi connectivity index (χ2v) is 6.33. The van der Waals surface area contributed by atoms with Gasteiger partial charge in [0.15, 0.2) is 0 Å². The number of carbonyl (C=O) groups excluding carboxylic acids is 6. The maximum Gasteiger partial charge on any atom is 0.253 e. The fraction of sp³-hybridized carbons (Fsp3) is 0.333. The minimum absolute atomic E-state index is 0.116. The summed E-state index contributed by atoms with van der Waals surface area (Å²) in [5.41, 5.74) is 0. The maximum atomic E-state index is 11.7. The molecule has 0 saturated heterocycles. The first-order valence-electron chi connectivity index (χ1n) is 8.70. The summed E-state index contributed by atoms with van der Waals surface area (Å²) >= 11 is 0. The Balaban J connectivity index is 1.58. The minimum Gasteiger partial charge on any atom is -0.298 e. The third-order valence-corrected chi connectivity index (χ3v) is 4.62. The quantitative estimate of drug-likeness (QED) is 0.424. The Morgan fingerprint density at radius 2 is 0.679 bits per heavy atom. The zero-order valence-electron chi connectivity index (χ0n) is 14.9. The van der Waals surface area contributed by atoms with Crippen LogP contribution >= 0.6 is 0 Å². The van der Waals surface area contributed by atoms with Gasteiger partial charge in [0.05, 0.1) is 0 Å². The second kappa shape index (κ2) is 8.09. The second-order valence-electron chi connectivity index (χ2n) is 6.33. The predicted molar refractivity (Wildman–Crippen MR) is 94.0 cm³/mol. The summed E-state index contributed by atoms with van der Waals surface area (Å²) in [6.07, 6.45) is 7.13. The highest BCUT2D eigenvalue weighted by Crippen LogP contribution is 2.08. The van der Waals surface area contributed by atoms with Crippen LogP contribution in [0.25, 0.3) is 0 Å². The molecule has 0 radical (unpaired) electrons. The molecule has 0 aromatic carbocycles. The average Bonchev–Trinajstić information content (AvgIpc) is 3.27. The van der Waals surface area contributed by atoms with Crippen molar-refractivity contribution in [3.8, 4) is 0 Å². The summed E-state index contributed by atoms with van der Waals surface area (Å²) in [6, 6.07) is 0. The van der Waals surface area contributed by atoms with Gasteiger partial charge >= 0.3 is 0 Å². The molecular weight excluding hydrogens is 368 g/mol. The molecular formula is C18H18N4O6. The third kappa shape index (κ3) is 4.12. The Kier molecular flexibility index (Phi) is 5.59. The highest BCUT2D eigenvalue weighted by Gasteiger charge is 2.27. The van der Waals surface area contributed by atoms with Gasteiger partial charge in [-0.2, -0.15) is 0 Å². The van der Waals surface area contributed by atoms with Crippen LogP contribution in [0.4, 0.5) is 0 Å². The fourth-order valence-electron chi connectivity index (χ4n) is 3.01. The summed E-state index contributed by atoms with van der Waals surface area (Å²) in [4.78, 5) is 75.2. The maximum absolute atomic E-state index is 11.7. The Bertz CT molecular complexity index is 680. The molecule has 6 amide bonds. The van der Waals surface area contributed by atoms with E-state index in [1.807, 2.05) is 0 Å². The third-order valence-electron chi connectivity index (χ3n) is 4.62. The lowest BCUT2D eigenvalue weighted by molar-refractivity contribution is -0.137. The van der Waals surface area contributed by atoms with Gasteiger partial charge in [0.25, 0.3) is 35.4 Å². The summed E-state index contributed by atoms with van der Waals surface area (Å²) in [6.45, 7) is 1.16. The van der Waals surface area contributed by atoms with Crippen LogP contribution in [0.1, 0.15) is 0 Å². The van der Waals surface area contributed by atoms with Crippen LogP contribution in [0.2, 0.25) is 0 Å². The molecule has 0 fully saturated rings. The van der Waals surface area contributed by atoms with Gasteiger partial charge < -0.3 is 0 Å². The molecule has 3 rings (SSSR count). The normalized spacial score (nSPS) is 19.0. The van der Waals surface area contributed by atoms with E-state index in [0.717, 1.165) is 14.7 Å². The zero-order valence-corrected chi connectivity index (χ0v) is 14.9. The number of carbonyl (C=O) groups is 6. The van der Waals surface area contributed by atoms with Gasteiger partial charge in [-0.1, -0.05) is 0 Å². The molecule has 0 aliphatic carbocycles. The summed E-state index contributed by atoms with van der Waals surface area (Å²) in [5, 5.41) is 0. The largest absolute Gasteiger partial charge is 0.298 e. The molecule has 0 N–H and O–H groups in total. The molecule has 146 valence electrons. The lowest BCUT2D eigenvalue weighted by Gasteiger charge is -2.27. The van der Waals surface area contributed by atoms with Crippen LogP contribution < -0.4 is 0 Å². The fourth-order valence-corrected chi connectivity index (χ4v) is 3.01. The topological polar surface area (TPSA) is 115 Å². The molecule has 0 unspecified atom stereocenters. The van der Waals surface area contributed by atoms with E-state index in [0.29, 0.717) is 0 Å². The van der Waals surface area contributed by atoms with Crippen molar-refractivity contribution < 1.29 is 28.8 Å². The Hall–Kier alpha value is -3.40. The number of hydrogen-bond donors (Lipinski definition) is 0. The van der Waals surface area contributed by atoms with Crippen LogP contribution in [-0.4, -0.2) is 94.3 Å². The van der Waals surface area contributed by atoms with E-state index in [1.54, 1.807) is 4.90 Å². The molecule has 0 aromatic heterocycles. The Morgan fingerprint density at radius 3 is 0.893 bits per heavy atom. The SMILES string of the molecule is O=C1C=CC(=O)N1CCN(CCN1C(=O)C=CC1=O)CCN1C(=O)C=CC1=O. The molecule has 0 bridgehead atoms. The van der Waals surface area contributed by atoms with Crippen LogP contribution in [-0.2, 0) is 28.8 Å². The monoisotopic (exact) mass is 386 g/mol. The highest BCUT2D eigenvalue weighted by molar-refractivity contribution is 6.14. The number of amides is 6. The van der Waals surface area contributed by atoms with Crippen molar-refractivity contribution >= 4 is 35.4 Å².